The summed E-state index contributed by atoms with van der Waals surface area (Å²) in [5.74, 6) is -0.624. The molecule has 24 heavy (non-hydrogen) atoms. The van der Waals surface area contributed by atoms with Gasteiger partial charge in [-0.3, -0.25) is 14.5 Å². The molecule has 1 aliphatic heterocycles. The first kappa shape index (κ1) is 17.1. The molecule has 0 aromatic carbocycles. The van der Waals surface area contributed by atoms with Crippen LogP contribution in [0.15, 0.2) is 12.1 Å². The minimum Gasteiger partial charge on any atom is -0.395 e. The highest BCUT2D eigenvalue weighted by Crippen LogP contribution is 2.41. The molecule has 1 aliphatic rings. The number of nitrogens with zero attached hydrogens (tertiary/aromatic N) is 1. The van der Waals surface area contributed by atoms with Crippen LogP contribution >= 0.6 is 22.7 Å². The summed E-state index contributed by atoms with van der Waals surface area (Å²) in [6.45, 7) is 7.71. The second-order valence-electron chi connectivity index (χ2n) is 5.89. The lowest BCUT2D eigenvalue weighted by atomic mass is 9.97. The van der Waals surface area contributed by atoms with Crippen LogP contribution in [-0.2, 0) is 9.59 Å². The normalized spacial score (nSPS) is 15.1. The van der Waals surface area contributed by atoms with Gasteiger partial charge in [0.05, 0.1) is 24.3 Å². The molecule has 126 valence electrons. The summed E-state index contributed by atoms with van der Waals surface area (Å²) < 4.78 is 0. The number of carbonyl (C=O) groups excluding carboxylic acids is 2. The van der Waals surface area contributed by atoms with E-state index in [4.69, 9.17) is 0 Å². The van der Waals surface area contributed by atoms with Gasteiger partial charge < -0.3 is 5.11 Å². The van der Waals surface area contributed by atoms with Gasteiger partial charge >= 0.3 is 0 Å². The van der Waals surface area contributed by atoms with Crippen LogP contribution in [0.3, 0.4) is 0 Å². The molecule has 0 saturated carbocycles. The van der Waals surface area contributed by atoms with Gasteiger partial charge in [0.25, 0.3) is 11.8 Å². The van der Waals surface area contributed by atoms with Gasteiger partial charge in [-0.1, -0.05) is 0 Å². The number of rotatable bonds is 4. The molecule has 0 unspecified atom stereocenters. The smallest absolute Gasteiger partial charge is 0.262 e. The molecule has 2 amide bonds. The highest BCUT2D eigenvalue weighted by atomic mass is 32.1. The van der Waals surface area contributed by atoms with E-state index in [1.165, 1.54) is 0 Å². The van der Waals surface area contributed by atoms with Crippen molar-refractivity contribution in [2.75, 3.05) is 13.2 Å². The largest absolute Gasteiger partial charge is 0.395 e. The van der Waals surface area contributed by atoms with Crippen LogP contribution in [0.1, 0.15) is 30.6 Å². The lowest BCUT2D eigenvalue weighted by Gasteiger charge is -2.13. The molecule has 6 heteroatoms. The standard InChI is InChI=1S/C18H19NO3S2/c1-9-7-13(11(3)23-9)15-16(14-8-10(2)24-12(14)4)18(22)19(5-6-20)17(15)21/h7-8,20H,5-6H2,1-4H3. The summed E-state index contributed by atoms with van der Waals surface area (Å²) in [6.07, 6.45) is 0. The quantitative estimate of drug-likeness (QED) is 0.850. The number of aryl methyl sites for hydroxylation is 4. The van der Waals surface area contributed by atoms with E-state index in [1.807, 2.05) is 39.8 Å². The predicted octanol–water partition coefficient (Wildman–Crippen LogP) is 3.32. The van der Waals surface area contributed by atoms with Gasteiger partial charge in [-0.05, 0) is 39.8 Å². The fourth-order valence-electron chi connectivity index (χ4n) is 3.14. The lowest BCUT2D eigenvalue weighted by Crippen LogP contribution is -2.34. The minimum atomic E-state index is -0.312. The third kappa shape index (κ3) is 2.64. The highest BCUT2D eigenvalue weighted by molar-refractivity contribution is 7.12. The average molecular weight is 361 g/mol. The van der Waals surface area contributed by atoms with E-state index in [1.54, 1.807) is 22.7 Å². The van der Waals surface area contributed by atoms with E-state index in [9.17, 15) is 14.7 Å². The van der Waals surface area contributed by atoms with Crippen molar-refractivity contribution in [3.8, 4) is 0 Å². The molecule has 0 atom stereocenters. The average Bonchev–Trinajstić information content (AvgIpc) is 3.08. The summed E-state index contributed by atoms with van der Waals surface area (Å²) in [6, 6.07) is 3.94. The third-order valence-corrected chi connectivity index (χ3v) is 6.04. The van der Waals surface area contributed by atoms with E-state index >= 15 is 0 Å². The fourth-order valence-corrected chi connectivity index (χ4v) is 5.00. The van der Waals surface area contributed by atoms with Crippen molar-refractivity contribution >= 4 is 45.6 Å². The van der Waals surface area contributed by atoms with Crippen molar-refractivity contribution in [1.29, 1.82) is 0 Å². The zero-order chi connectivity index (χ0) is 17.6. The van der Waals surface area contributed by atoms with Gasteiger partial charge in [0.1, 0.15) is 0 Å². The number of thiophene rings is 2. The summed E-state index contributed by atoms with van der Waals surface area (Å²) in [7, 11) is 0. The maximum Gasteiger partial charge on any atom is 0.262 e. The highest BCUT2D eigenvalue weighted by Gasteiger charge is 2.40. The van der Waals surface area contributed by atoms with Gasteiger partial charge in [-0.15, -0.1) is 22.7 Å². The predicted molar refractivity (Wildman–Crippen MR) is 98.2 cm³/mol. The Balaban J connectivity index is 2.27. The zero-order valence-corrected chi connectivity index (χ0v) is 15.7. The first-order valence-corrected chi connectivity index (χ1v) is 9.34. The summed E-state index contributed by atoms with van der Waals surface area (Å²) in [4.78, 5) is 31.2. The minimum absolute atomic E-state index is 0.0228. The van der Waals surface area contributed by atoms with Crippen LogP contribution in [0.2, 0.25) is 0 Å². The van der Waals surface area contributed by atoms with Crippen molar-refractivity contribution in [3.05, 3.63) is 42.8 Å². The second-order valence-corrected chi connectivity index (χ2v) is 8.81. The zero-order valence-electron chi connectivity index (χ0n) is 14.1. The lowest BCUT2D eigenvalue weighted by molar-refractivity contribution is -0.136. The van der Waals surface area contributed by atoms with Gasteiger partial charge in [0.2, 0.25) is 0 Å². The molecule has 0 fully saturated rings. The number of carbonyl (C=O) groups is 2. The van der Waals surface area contributed by atoms with Crippen LogP contribution in [0, 0.1) is 27.7 Å². The van der Waals surface area contributed by atoms with Gasteiger partial charge in [0, 0.05) is 30.6 Å². The Bertz CT molecular complexity index is 805. The van der Waals surface area contributed by atoms with Gasteiger partial charge in [0.15, 0.2) is 0 Å². The van der Waals surface area contributed by atoms with Crippen molar-refractivity contribution < 1.29 is 14.7 Å². The van der Waals surface area contributed by atoms with Crippen LogP contribution in [0.4, 0.5) is 0 Å². The number of hydrogen-bond donors (Lipinski definition) is 1. The summed E-state index contributed by atoms with van der Waals surface area (Å²) in [5.41, 5.74) is 2.59. The Morgan fingerprint density at radius 2 is 1.29 bits per heavy atom. The summed E-state index contributed by atoms with van der Waals surface area (Å²) in [5, 5.41) is 9.23. The number of β-amino-alcohol motifs (C(OH)–C–C–N with tert-alkyl or cyclic N) is 1. The molecule has 2 aromatic rings. The Labute approximate surface area is 149 Å². The maximum absolute atomic E-state index is 12.9. The Morgan fingerprint density at radius 3 is 1.58 bits per heavy atom. The van der Waals surface area contributed by atoms with E-state index < -0.39 is 0 Å². The summed E-state index contributed by atoms with van der Waals surface area (Å²) >= 11 is 3.24. The molecule has 0 aliphatic carbocycles. The first-order chi connectivity index (χ1) is 11.3. The van der Waals surface area contributed by atoms with Crippen LogP contribution in [0.5, 0.6) is 0 Å². The van der Waals surface area contributed by atoms with Crippen LogP contribution in [0.25, 0.3) is 11.1 Å². The molecular formula is C18H19NO3S2. The van der Waals surface area contributed by atoms with E-state index in [0.29, 0.717) is 11.1 Å². The van der Waals surface area contributed by atoms with Gasteiger partial charge in [-0.2, -0.15) is 0 Å². The molecule has 3 rings (SSSR count). The topological polar surface area (TPSA) is 57.6 Å². The molecule has 0 saturated heterocycles. The molecular weight excluding hydrogens is 342 g/mol. The molecule has 0 radical (unpaired) electrons. The molecule has 0 spiro atoms. The third-order valence-electron chi connectivity index (χ3n) is 4.11. The van der Waals surface area contributed by atoms with E-state index in [0.717, 1.165) is 35.5 Å². The van der Waals surface area contributed by atoms with Crippen molar-refractivity contribution in [1.82, 2.24) is 4.90 Å². The second kappa shape index (κ2) is 6.27. The Hall–Kier alpha value is -1.76. The van der Waals surface area contributed by atoms with Crippen molar-refractivity contribution in [2.24, 2.45) is 0 Å². The van der Waals surface area contributed by atoms with Crippen LogP contribution < -0.4 is 0 Å². The Morgan fingerprint density at radius 1 is 0.875 bits per heavy atom. The molecule has 0 bridgehead atoms. The number of amides is 2. The molecule has 3 heterocycles. The number of aliphatic hydroxyl groups excluding tert-OH is 1. The van der Waals surface area contributed by atoms with Crippen LogP contribution in [-0.4, -0.2) is 35.0 Å². The maximum atomic E-state index is 12.9. The van der Waals surface area contributed by atoms with Crippen molar-refractivity contribution in [2.45, 2.75) is 27.7 Å². The van der Waals surface area contributed by atoms with Crippen molar-refractivity contribution in [3.63, 3.8) is 0 Å². The molecule has 4 nitrogen and oxygen atoms in total. The SMILES string of the molecule is Cc1cc(C2=C(c3cc(C)sc3C)C(=O)N(CCO)C2=O)c(C)s1. The van der Waals surface area contributed by atoms with E-state index in [2.05, 4.69) is 0 Å². The number of aliphatic hydroxyl groups is 1. The molecule has 2 aromatic heterocycles. The monoisotopic (exact) mass is 361 g/mol. The van der Waals surface area contributed by atoms with Gasteiger partial charge in [-0.25, -0.2) is 0 Å². The number of imide groups is 1. The van der Waals surface area contributed by atoms with E-state index in [-0.39, 0.29) is 25.0 Å². The Kier molecular flexibility index (Phi) is 4.46. The number of hydrogen-bond acceptors (Lipinski definition) is 5. The molecule has 1 N–H and O–H groups in total. The first-order valence-electron chi connectivity index (χ1n) is 7.71. The fraction of sp³-hybridized carbons (Fsp3) is 0.333.